The number of anilines is 1. The summed E-state index contributed by atoms with van der Waals surface area (Å²) < 4.78 is 10.6. The van der Waals surface area contributed by atoms with Gasteiger partial charge >= 0.3 is 5.97 Å². The highest BCUT2D eigenvalue weighted by molar-refractivity contribution is 5.92. The van der Waals surface area contributed by atoms with Gasteiger partial charge in [0.25, 0.3) is 0 Å². The maximum absolute atomic E-state index is 12.2. The summed E-state index contributed by atoms with van der Waals surface area (Å²) in [4.78, 5) is 37.0. The normalized spacial score (nSPS) is 14.1. The Kier molecular flexibility index (Phi) is 8.63. The number of rotatable bonds is 7. The first kappa shape index (κ1) is 28.1. The molecular formula is C29H31N5O6. The van der Waals surface area contributed by atoms with Crippen molar-refractivity contribution >= 4 is 28.7 Å². The van der Waals surface area contributed by atoms with Crippen LogP contribution in [0.3, 0.4) is 0 Å². The number of benzene rings is 2. The second-order valence-electron chi connectivity index (χ2n) is 9.41. The van der Waals surface area contributed by atoms with Gasteiger partial charge in [0.15, 0.2) is 11.5 Å². The van der Waals surface area contributed by atoms with Crippen LogP contribution in [0.25, 0.3) is 10.9 Å². The molecular weight excluding hydrogens is 514 g/mol. The highest BCUT2D eigenvalue weighted by Crippen LogP contribution is 2.39. The fourth-order valence-electron chi connectivity index (χ4n) is 4.67. The van der Waals surface area contributed by atoms with E-state index >= 15 is 0 Å². The standard InChI is InChI=1S/C23H25N3O5.C6H6N2O/c1-30-18-12-16-17(13-19(18)31-2)24-22(25-20(16)27)26-10-8-23(9-11-26,21(28)29)14-15-6-4-3-5-7-15;7-6(9)5-2-1-3-8-4-5/h3-7,12-13H,8-11,14H2,1-2H3,(H,28,29)(H,24,25,27);1-4H,(H2,7,9). The van der Waals surface area contributed by atoms with Gasteiger partial charge in [-0.15, -0.1) is 0 Å². The fourth-order valence-corrected chi connectivity index (χ4v) is 4.67. The molecule has 0 saturated carbocycles. The van der Waals surface area contributed by atoms with E-state index in [9.17, 15) is 19.8 Å². The van der Waals surface area contributed by atoms with Gasteiger partial charge in [-0.1, -0.05) is 30.3 Å². The smallest absolute Gasteiger partial charge is 0.310 e. The van der Waals surface area contributed by atoms with Crippen molar-refractivity contribution in [2.75, 3.05) is 32.2 Å². The van der Waals surface area contributed by atoms with Crippen LogP contribution in [-0.2, 0) is 11.2 Å². The van der Waals surface area contributed by atoms with Crippen molar-refractivity contribution in [3.63, 3.8) is 0 Å². The molecule has 5 rings (SSSR count). The summed E-state index contributed by atoms with van der Waals surface area (Å²) in [6.07, 6.45) is 4.43. The van der Waals surface area contributed by atoms with Gasteiger partial charge in [-0.2, -0.15) is 4.98 Å². The van der Waals surface area contributed by atoms with Crippen molar-refractivity contribution in [3.05, 3.63) is 78.1 Å². The van der Waals surface area contributed by atoms with Crippen LogP contribution in [0, 0.1) is 5.41 Å². The summed E-state index contributed by atoms with van der Waals surface area (Å²) in [6, 6.07) is 16.3. The zero-order valence-electron chi connectivity index (χ0n) is 22.3. The number of carboxylic acid groups (broad SMARTS) is 1. The van der Waals surface area contributed by atoms with Gasteiger partial charge in [-0.05, 0) is 43.0 Å². The number of aromatic nitrogens is 3. The molecule has 0 unspecified atom stereocenters. The van der Waals surface area contributed by atoms with Crippen LogP contribution in [0.5, 0.6) is 17.4 Å². The van der Waals surface area contributed by atoms with E-state index in [4.69, 9.17) is 15.2 Å². The number of primary amides is 1. The van der Waals surface area contributed by atoms with Crippen molar-refractivity contribution in [1.29, 1.82) is 0 Å². The molecule has 1 fully saturated rings. The molecule has 0 bridgehead atoms. The maximum atomic E-state index is 12.2. The van der Waals surface area contributed by atoms with E-state index in [2.05, 4.69) is 15.0 Å². The van der Waals surface area contributed by atoms with E-state index in [0.29, 0.717) is 66.3 Å². The number of nitrogens with zero attached hydrogens (tertiary/aromatic N) is 4. The van der Waals surface area contributed by atoms with E-state index in [1.54, 1.807) is 30.5 Å². The van der Waals surface area contributed by atoms with Crippen LogP contribution in [0.1, 0.15) is 28.8 Å². The van der Waals surface area contributed by atoms with Crippen molar-refractivity contribution < 1.29 is 29.3 Å². The van der Waals surface area contributed by atoms with Crippen molar-refractivity contribution in [2.24, 2.45) is 11.1 Å². The predicted octanol–water partition coefficient (Wildman–Crippen LogP) is 3.45. The van der Waals surface area contributed by atoms with Crippen LogP contribution in [0.4, 0.5) is 5.95 Å². The Morgan fingerprint density at radius 3 is 2.23 bits per heavy atom. The third kappa shape index (κ3) is 6.20. The van der Waals surface area contributed by atoms with Gasteiger partial charge in [0.1, 0.15) is 0 Å². The SMILES string of the molecule is COc1cc2nc(N3CCC(Cc4ccccc4)(C(=O)O)CC3)nc(O)c2cc1OC.NC(=O)c1cccnc1. The monoisotopic (exact) mass is 545 g/mol. The molecule has 0 spiro atoms. The Labute approximate surface area is 231 Å². The fraction of sp³-hybridized carbons (Fsp3) is 0.276. The predicted molar refractivity (Wildman–Crippen MR) is 149 cm³/mol. The quantitative estimate of drug-likeness (QED) is 0.314. The van der Waals surface area contributed by atoms with E-state index in [-0.39, 0.29) is 5.88 Å². The number of ether oxygens (including phenoxy) is 2. The molecule has 1 aliphatic heterocycles. The lowest BCUT2D eigenvalue weighted by atomic mass is 9.74. The van der Waals surface area contributed by atoms with Crippen molar-refractivity contribution in [2.45, 2.75) is 19.3 Å². The minimum absolute atomic E-state index is 0.152. The van der Waals surface area contributed by atoms with Gasteiger partial charge in [-0.25, -0.2) is 4.98 Å². The Bertz CT molecular complexity index is 1480. The number of nitrogens with two attached hydrogens (primary N) is 1. The second kappa shape index (κ2) is 12.3. The Balaban J connectivity index is 0.000000350. The van der Waals surface area contributed by atoms with Gasteiger partial charge in [0, 0.05) is 31.5 Å². The molecule has 1 saturated heterocycles. The molecule has 2 aromatic carbocycles. The minimum Gasteiger partial charge on any atom is -0.493 e. The molecule has 2 aromatic heterocycles. The summed E-state index contributed by atoms with van der Waals surface area (Å²) in [5.41, 5.74) is 6.09. The molecule has 11 heteroatoms. The number of methoxy groups -OCH3 is 2. The molecule has 1 amide bonds. The Morgan fingerprint density at radius 1 is 1.00 bits per heavy atom. The summed E-state index contributed by atoms with van der Waals surface area (Å²) in [5.74, 6) is -0.0216. The van der Waals surface area contributed by atoms with Crippen LogP contribution < -0.4 is 20.1 Å². The van der Waals surface area contributed by atoms with E-state index < -0.39 is 17.3 Å². The second-order valence-corrected chi connectivity index (χ2v) is 9.41. The molecule has 1 aliphatic rings. The largest absolute Gasteiger partial charge is 0.493 e. The number of fused-ring (bicyclic) bond motifs is 1. The number of aliphatic carboxylic acids is 1. The molecule has 0 aliphatic carbocycles. The number of carbonyl (C=O) groups is 2. The zero-order valence-corrected chi connectivity index (χ0v) is 22.3. The van der Waals surface area contributed by atoms with E-state index in [1.165, 1.54) is 20.4 Å². The lowest BCUT2D eigenvalue weighted by molar-refractivity contribution is -0.150. The molecule has 0 radical (unpaired) electrons. The van der Waals surface area contributed by atoms with Gasteiger partial charge in [0.05, 0.1) is 36.1 Å². The summed E-state index contributed by atoms with van der Waals surface area (Å²) in [6.45, 7) is 0.967. The average Bonchev–Trinajstić information content (AvgIpc) is 2.98. The highest BCUT2D eigenvalue weighted by Gasteiger charge is 2.42. The summed E-state index contributed by atoms with van der Waals surface area (Å²) >= 11 is 0. The Morgan fingerprint density at radius 2 is 1.68 bits per heavy atom. The number of amides is 1. The van der Waals surface area contributed by atoms with Crippen molar-refractivity contribution in [3.8, 4) is 17.4 Å². The minimum atomic E-state index is -0.826. The molecule has 3 heterocycles. The lowest BCUT2D eigenvalue weighted by Gasteiger charge is -2.39. The number of pyridine rings is 1. The summed E-state index contributed by atoms with van der Waals surface area (Å²) in [5, 5.41) is 20.9. The molecule has 0 atom stereocenters. The van der Waals surface area contributed by atoms with Gasteiger partial charge in [0.2, 0.25) is 17.7 Å². The zero-order chi connectivity index (χ0) is 28.7. The van der Waals surface area contributed by atoms with Crippen LogP contribution in [0.2, 0.25) is 0 Å². The number of hydrogen-bond donors (Lipinski definition) is 3. The first-order valence-electron chi connectivity index (χ1n) is 12.6. The number of piperidine rings is 1. The number of carbonyl (C=O) groups excluding carboxylic acids is 1. The lowest BCUT2D eigenvalue weighted by Crippen LogP contribution is -2.46. The van der Waals surface area contributed by atoms with E-state index in [0.717, 1.165) is 5.56 Å². The summed E-state index contributed by atoms with van der Waals surface area (Å²) in [7, 11) is 3.06. The first-order valence-corrected chi connectivity index (χ1v) is 12.6. The van der Waals surface area contributed by atoms with Crippen LogP contribution in [0.15, 0.2) is 67.0 Å². The number of aromatic hydroxyl groups is 1. The van der Waals surface area contributed by atoms with E-state index in [1.807, 2.05) is 35.2 Å². The molecule has 4 N–H and O–H groups in total. The molecule has 4 aromatic rings. The number of hydrogen-bond acceptors (Lipinski definition) is 9. The molecule has 208 valence electrons. The topological polar surface area (TPSA) is 161 Å². The Hall–Kier alpha value is -4.93. The highest BCUT2D eigenvalue weighted by atomic mass is 16.5. The van der Waals surface area contributed by atoms with Crippen molar-refractivity contribution in [1.82, 2.24) is 15.0 Å². The van der Waals surface area contributed by atoms with Gasteiger partial charge in [-0.3, -0.25) is 14.6 Å². The van der Waals surface area contributed by atoms with Crippen LogP contribution in [-0.4, -0.2) is 64.4 Å². The molecule has 40 heavy (non-hydrogen) atoms. The number of carboxylic acids is 1. The third-order valence-corrected chi connectivity index (χ3v) is 6.96. The van der Waals surface area contributed by atoms with Crippen LogP contribution >= 0.6 is 0 Å². The first-order chi connectivity index (χ1) is 19.3. The average molecular weight is 546 g/mol. The molecule has 11 nitrogen and oxygen atoms in total. The maximum Gasteiger partial charge on any atom is 0.310 e. The third-order valence-electron chi connectivity index (χ3n) is 6.96. The van der Waals surface area contributed by atoms with Gasteiger partial charge < -0.3 is 30.3 Å².